The number of amidine groups is 1. The van der Waals surface area contributed by atoms with Gasteiger partial charge in [0.15, 0.2) is 5.84 Å². The summed E-state index contributed by atoms with van der Waals surface area (Å²) in [6.07, 6.45) is 0.905. The summed E-state index contributed by atoms with van der Waals surface area (Å²) < 4.78 is 28.3. The van der Waals surface area contributed by atoms with E-state index in [0.717, 1.165) is 18.6 Å². The van der Waals surface area contributed by atoms with Crippen LogP contribution in [0.15, 0.2) is 17.3 Å². The van der Waals surface area contributed by atoms with Crippen LogP contribution in [0.2, 0.25) is 0 Å². The smallest absolute Gasteiger partial charge is 0.170 e. The zero-order valence-electron chi connectivity index (χ0n) is 11.6. The number of nitrogens with two attached hydrogens (primary N) is 1. The van der Waals surface area contributed by atoms with E-state index in [4.69, 9.17) is 10.9 Å². The molecule has 2 unspecified atom stereocenters. The summed E-state index contributed by atoms with van der Waals surface area (Å²) in [7, 11) is 0. The van der Waals surface area contributed by atoms with Crippen molar-refractivity contribution in [3.05, 3.63) is 29.3 Å². The molecule has 3 N–H and O–H groups in total. The second-order valence-corrected chi connectivity index (χ2v) is 5.46. The molecule has 2 rings (SSSR count). The number of benzene rings is 1. The number of hydrogen-bond donors (Lipinski definition) is 2. The number of oxime groups is 1. The van der Waals surface area contributed by atoms with Crippen LogP contribution in [0, 0.1) is 23.5 Å². The summed E-state index contributed by atoms with van der Waals surface area (Å²) in [6, 6.07) is 2.19. The minimum Gasteiger partial charge on any atom is -0.409 e. The lowest BCUT2D eigenvalue weighted by atomic mass is 9.88. The highest BCUT2D eigenvalue weighted by Gasteiger charge is 2.27. The first kappa shape index (κ1) is 14.6. The molecule has 1 aromatic rings. The fourth-order valence-corrected chi connectivity index (χ4v) is 2.54. The van der Waals surface area contributed by atoms with Crippen LogP contribution in [0.5, 0.6) is 0 Å². The van der Waals surface area contributed by atoms with E-state index in [-0.39, 0.29) is 17.1 Å². The Morgan fingerprint density at radius 2 is 1.90 bits per heavy atom. The topological polar surface area (TPSA) is 61.8 Å². The van der Waals surface area contributed by atoms with Crippen LogP contribution >= 0.6 is 0 Å². The third kappa shape index (κ3) is 2.69. The van der Waals surface area contributed by atoms with E-state index in [1.807, 2.05) is 0 Å². The van der Waals surface area contributed by atoms with Gasteiger partial charge >= 0.3 is 0 Å². The van der Waals surface area contributed by atoms with Crippen molar-refractivity contribution >= 4 is 11.5 Å². The molecule has 0 spiro atoms. The molecular formula is C14H19F2N3O. The van der Waals surface area contributed by atoms with E-state index in [0.29, 0.717) is 24.9 Å². The zero-order chi connectivity index (χ0) is 14.9. The Hall–Kier alpha value is -1.85. The fourth-order valence-electron chi connectivity index (χ4n) is 2.54. The summed E-state index contributed by atoms with van der Waals surface area (Å²) in [5.74, 6) is -0.753. The van der Waals surface area contributed by atoms with E-state index in [1.165, 1.54) is 0 Å². The van der Waals surface area contributed by atoms with Gasteiger partial charge in [-0.2, -0.15) is 0 Å². The maximum Gasteiger partial charge on any atom is 0.170 e. The zero-order valence-corrected chi connectivity index (χ0v) is 11.6. The van der Waals surface area contributed by atoms with Gasteiger partial charge in [-0.15, -0.1) is 0 Å². The van der Waals surface area contributed by atoms with Gasteiger partial charge in [-0.3, -0.25) is 0 Å². The maximum absolute atomic E-state index is 14.1. The summed E-state index contributed by atoms with van der Waals surface area (Å²) >= 11 is 0. The minimum atomic E-state index is -0.687. The second-order valence-electron chi connectivity index (χ2n) is 5.46. The fraction of sp³-hybridized carbons (Fsp3) is 0.500. The number of anilines is 1. The molecule has 0 amide bonds. The van der Waals surface area contributed by atoms with Crippen LogP contribution in [-0.2, 0) is 0 Å². The van der Waals surface area contributed by atoms with Crippen LogP contribution in [0.1, 0.15) is 25.8 Å². The summed E-state index contributed by atoms with van der Waals surface area (Å²) in [4.78, 5) is 1.73. The average molecular weight is 283 g/mol. The Morgan fingerprint density at radius 1 is 1.30 bits per heavy atom. The number of hydrogen-bond acceptors (Lipinski definition) is 3. The van der Waals surface area contributed by atoms with Crippen molar-refractivity contribution in [1.29, 1.82) is 0 Å². The van der Waals surface area contributed by atoms with Crippen LogP contribution in [0.4, 0.5) is 14.5 Å². The number of rotatable bonds is 2. The molecule has 2 atom stereocenters. The van der Waals surface area contributed by atoms with Crippen LogP contribution in [-0.4, -0.2) is 24.1 Å². The van der Waals surface area contributed by atoms with Gasteiger partial charge in [-0.05, 0) is 30.4 Å². The Labute approximate surface area is 116 Å². The normalized spacial score (nSPS) is 24.0. The molecule has 1 aliphatic rings. The van der Waals surface area contributed by atoms with Gasteiger partial charge in [-0.1, -0.05) is 19.0 Å². The third-order valence-corrected chi connectivity index (χ3v) is 4.07. The van der Waals surface area contributed by atoms with E-state index in [1.54, 1.807) is 4.90 Å². The van der Waals surface area contributed by atoms with Gasteiger partial charge in [0.2, 0.25) is 0 Å². The van der Waals surface area contributed by atoms with Gasteiger partial charge in [0.25, 0.3) is 0 Å². The molecule has 0 saturated carbocycles. The summed E-state index contributed by atoms with van der Waals surface area (Å²) in [5.41, 5.74) is 5.36. The van der Waals surface area contributed by atoms with Crippen LogP contribution < -0.4 is 10.6 Å². The van der Waals surface area contributed by atoms with Crippen LogP contribution in [0.3, 0.4) is 0 Å². The largest absolute Gasteiger partial charge is 0.409 e. The van der Waals surface area contributed by atoms with Crippen molar-refractivity contribution in [2.45, 2.75) is 20.3 Å². The molecule has 1 heterocycles. The lowest BCUT2D eigenvalue weighted by Gasteiger charge is -2.37. The molecule has 1 fully saturated rings. The highest BCUT2D eigenvalue weighted by Crippen LogP contribution is 2.31. The molecule has 0 aromatic heterocycles. The first-order chi connectivity index (χ1) is 9.43. The first-order valence-electron chi connectivity index (χ1n) is 6.66. The molecule has 20 heavy (non-hydrogen) atoms. The predicted molar refractivity (Wildman–Crippen MR) is 74.0 cm³/mol. The highest BCUT2D eigenvalue weighted by atomic mass is 19.1. The van der Waals surface area contributed by atoms with E-state index < -0.39 is 11.6 Å². The van der Waals surface area contributed by atoms with Gasteiger partial charge in [0.05, 0.1) is 0 Å². The van der Waals surface area contributed by atoms with Crippen molar-refractivity contribution < 1.29 is 14.0 Å². The molecule has 0 radical (unpaired) electrons. The van der Waals surface area contributed by atoms with Crippen molar-refractivity contribution in [2.24, 2.45) is 22.7 Å². The lowest BCUT2D eigenvalue weighted by molar-refractivity contribution is 0.318. The number of halogens is 2. The Balaban J connectivity index is 2.34. The van der Waals surface area contributed by atoms with Gasteiger partial charge in [0, 0.05) is 18.7 Å². The molecule has 1 aliphatic heterocycles. The minimum absolute atomic E-state index is 0.0294. The maximum atomic E-state index is 14.1. The van der Waals surface area contributed by atoms with Gasteiger partial charge in [-0.25, -0.2) is 8.78 Å². The van der Waals surface area contributed by atoms with E-state index in [2.05, 4.69) is 19.0 Å². The molecule has 6 heteroatoms. The van der Waals surface area contributed by atoms with Gasteiger partial charge < -0.3 is 15.8 Å². The molecule has 0 aliphatic carbocycles. The molecular weight excluding hydrogens is 264 g/mol. The predicted octanol–water partition coefficient (Wildman–Crippen LogP) is 2.54. The van der Waals surface area contributed by atoms with Crippen LogP contribution in [0.25, 0.3) is 0 Å². The molecule has 1 aromatic carbocycles. The lowest BCUT2D eigenvalue weighted by Crippen LogP contribution is -2.39. The summed E-state index contributed by atoms with van der Waals surface area (Å²) in [5, 5.41) is 11.3. The molecule has 0 bridgehead atoms. The summed E-state index contributed by atoms with van der Waals surface area (Å²) in [6.45, 7) is 5.48. The van der Waals surface area contributed by atoms with Crippen molar-refractivity contribution in [2.75, 3.05) is 18.0 Å². The first-order valence-corrected chi connectivity index (χ1v) is 6.66. The molecule has 4 nitrogen and oxygen atoms in total. The standard InChI is InChI=1S/C14H19F2N3O/c1-8-3-4-19(7-9(8)2)13-11(15)5-10(6-12(13)16)14(17)18-20/h5-6,8-9,20H,3-4,7H2,1-2H3,(H2,17,18). The van der Waals surface area contributed by atoms with Crippen molar-refractivity contribution in [1.82, 2.24) is 0 Å². The highest BCUT2D eigenvalue weighted by molar-refractivity contribution is 5.97. The molecule has 1 saturated heterocycles. The number of nitrogens with zero attached hydrogens (tertiary/aromatic N) is 2. The SMILES string of the molecule is CC1CCN(c2c(F)cc(C(N)=NO)cc2F)CC1C. The average Bonchev–Trinajstić information content (AvgIpc) is 2.41. The second kappa shape index (κ2) is 5.64. The van der Waals surface area contributed by atoms with E-state index in [9.17, 15) is 8.78 Å². The van der Waals surface area contributed by atoms with Gasteiger partial charge in [0.1, 0.15) is 17.3 Å². The van der Waals surface area contributed by atoms with Crippen molar-refractivity contribution in [3.63, 3.8) is 0 Å². The Bertz CT molecular complexity index is 510. The Kier molecular flexibility index (Phi) is 4.11. The third-order valence-electron chi connectivity index (χ3n) is 4.07. The number of piperidine rings is 1. The van der Waals surface area contributed by atoms with Crippen molar-refractivity contribution in [3.8, 4) is 0 Å². The quantitative estimate of drug-likeness (QED) is 0.379. The molecule has 110 valence electrons. The monoisotopic (exact) mass is 283 g/mol. The Morgan fingerprint density at radius 3 is 2.40 bits per heavy atom. The van der Waals surface area contributed by atoms with E-state index >= 15 is 0 Å².